The van der Waals surface area contributed by atoms with E-state index in [4.69, 9.17) is 11.5 Å². The first kappa shape index (κ1) is 13.5. The molecule has 2 heteroatoms. The van der Waals surface area contributed by atoms with Crippen molar-refractivity contribution in [2.45, 2.75) is 39.5 Å². The molecule has 14 heavy (non-hydrogen) atoms. The van der Waals surface area contributed by atoms with Crippen molar-refractivity contribution in [2.75, 3.05) is 19.7 Å². The smallest absolute Gasteiger partial charge is 0.0496 e. The van der Waals surface area contributed by atoms with Gasteiger partial charge in [0.05, 0.1) is 0 Å². The van der Waals surface area contributed by atoms with Gasteiger partial charge in [0, 0.05) is 25.0 Å². The molecule has 0 saturated heterocycles. The fourth-order valence-corrected chi connectivity index (χ4v) is 1.16. The summed E-state index contributed by atoms with van der Waals surface area (Å²) in [7, 11) is 0. The Morgan fingerprint density at radius 1 is 1.43 bits per heavy atom. The highest BCUT2D eigenvalue weighted by Crippen LogP contribution is 2.18. The van der Waals surface area contributed by atoms with E-state index in [0.29, 0.717) is 0 Å². The molecule has 0 aromatic heterocycles. The van der Waals surface area contributed by atoms with E-state index in [9.17, 15) is 0 Å². The van der Waals surface area contributed by atoms with E-state index in [2.05, 4.69) is 25.1 Å². The topological polar surface area (TPSA) is 32.3 Å². The van der Waals surface area contributed by atoms with Gasteiger partial charge < -0.3 is 10.4 Å². The number of terminal acetylenes is 1. The fraction of sp³-hybridized carbons (Fsp3) is 0.833. The molecule has 0 aliphatic carbocycles. The molecule has 0 fully saturated rings. The van der Waals surface area contributed by atoms with Crippen LogP contribution < -0.4 is 5.32 Å². The van der Waals surface area contributed by atoms with Crippen LogP contribution in [0.25, 0.3) is 0 Å². The second kappa shape index (κ2) is 7.84. The van der Waals surface area contributed by atoms with Crippen LogP contribution in [0.4, 0.5) is 0 Å². The number of hydrogen-bond donors (Lipinski definition) is 2. The van der Waals surface area contributed by atoms with Gasteiger partial charge in [-0.2, -0.15) is 0 Å². The van der Waals surface area contributed by atoms with E-state index >= 15 is 0 Å². The van der Waals surface area contributed by atoms with Gasteiger partial charge in [0.15, 0.2) is 0 Å². The highest BCUT2D eigenvalue weighted by molar-refractivity contribution is 4.83. The summed E-state index contributed by atoms with van der Waals surface area (Å²) in [5.74, 6) is 2.63. The average molecular weight is 197 g/mol. The minimum absolute atomic E-state index is 0.0338. The van der Waals surface area contributed by atoms with Crippen LogP contribution in [0.15, 0.2) is 0 Å². The predicted molar refractivity (Wildman–Crippen MR) is 61.0 cm³/mol. The molecule has 0 bridgehead atoms. The van der Waals surface area contributed by atoms with Crippen molar-refractivity contribution in [3.8, 4) is 12.3 Å². The first-order chi connectivity index (χ1) is 6.68. The summed E-state index contributed by atoms with van der Waals surface area (Å²) in [6.45, 7) is 6.34. The summed E-state index contributed by atoms with van der Waals surface area (Å²) in [6.07, 6.45) is 9.23. The second-order valence-electron chi connectivity index (χ2n) is 4.16. The van der Waals surface area contributed by atoms with Crippen LogP contribution in [0.3, 0.4) is 0 Å². The molecule has 0 amide bonds. The van der Waals surface area contributed by atoms with Crippen molar-refractivity contribution in [3.05, 3.63) is 0 Å². The number of aliphatic hydroxyl groups is 1. The Kier molecular flexibility index (Phi) is 7.55. The van der Waals surface area contributed by atoms with Crippen LogP contribution in [-0.4, -0.2) is 24.8 Å². The molecule has 0 aromatic rings. The monoisotopic (exact) mass is 197 g/mol. The molecule has 2 nitrogen and oxygen atoms in total. The number of hydrogen-bond acceptors (Lipinski definition) is 2. The summed E-state index contributed by atoms with van der Waals surface area (Å²) in [5.41, 5.74) is 0.0338. The lowest BCUT2D eigenvalue weighted by atomic mass is 9.88. The van der Waals surface area contributed by atoms with Gasteiger partial charge in [-0.3, -0.25) is 0 Å². The van der Waals surface area contributed by atoms with Gasteiger partial charge in [0.1, 0.15) is 0 Å². The van der Waals surface area contributed by atoms with Crippen LogP contribution in [0.1, 0.15) is 39.5 Å². The van der Waals surface area contributed by atoms with E-state index < -0.39 is 0 Å². The van der Waals surface area contributed by atoms with E-state index in [0.717, 1.165) is 38.8 Å². The number of aliphatic hydroxyl groups excluding tert-OH is 1. The lowest BCUT2D eigenvalue weighted by Crippen LogP contribution is -2.34. The molecule has 0 radical (unpaired) electrons. The molecule has 0 heterocycles. The Bertz CT molecular complexity index is 168. The standard InChI is InChI=1S/C12H23NO/c1-4-6-7-8-9-13-10-12(3,5-2)11-14/h1,13-14H,5-11H2,2-3H3. The Balaban J connectivity index is 3.39. The quantitative estimate of drug-likeness (QED) is 0.459. The Morgan fingerprint density at radius 2 is 2.14 bits per heavy atom. The zero-order valence-corrected chi connectivity index (χ0v) is 9.47. The third-order valence-corrected chi connectivity index (χ3v) is 2.71. The molecule has 82 valence electrons. The SMILES string of the molecule is C#CCCCCNCC(C)(CC)CO. The first-order valence-electron chi connectivity index (χ1n) is 5.43. The van der Waals surface area contributed by atoms with Gasteiger partial charge >= 0.3 is 0 Å². The molecular weight excluding hydrogens is 174 g/mol. The van der Waals surface area contributed by atoms with Crippen molar-refractivity contribution in [1.82, 2.24) is 5.32 Å². The lowest BCUT2D eigenvalue weighted by Gasteiger charge is -2.25. The third kappa shape index (κ3) is 6.01. The summed E-state index contributed by atoms with van der Waals surface area (Å²) < 4.78 is 0. The predicted octanol–water partition coefficient (Wildman–Crippen LogP) is 1.79. The van der Waals surface area contributed by atoms with Crippen LogP contribution >= 0.6 is 0 Å². The molecule has 1 atom stereocenters. The molecule has 1 unspecified atom stereocenters. The van der Waals surface area contributed by atoms with Crippen molar-refractivity contribution in [2.24, 2.45) is 5.41 Å². The van der Waals surface area contributed by atoms with Crippen LogP contribution in [-0.2, 0) is 0 Å². The highest BCUT2D eigenvalue weighted by Gasteiger charge is 2.19. The molecule has 0 aliphatic heterocycles. The molecule has 0 aromatic carbocycles. The second-order valence-corrected chi connectivity index (χ2v) is 4.16. The van der Waals surface area contributed by atoms with E-state index in [-0.39, 0.29) is 12.0 Å². The van der Waals surface area contributed by atoms with E-state index in [1.165, 1.54) is 0 Å². The number of nitrogens with one attached hydrogen (secondary N) is 1. The zero-order chi connectivity index (χ0) is 10.9. The first-order valence-corrected chi connectivity index (χ1v) is 5.43. The summed E-state index contributed by atoms with van der Waals surface area (Å²) >= 11 is 0. The Labute approximate surface area is 88.1 Å². The normalized spacial score (nSPS) is 14.7. The average Bonchev–Trinajstić information content (AvgIpc) is 2.23. The van der Waals surface area contributed by atoms with Crippen molar-refractivity contribution < 1.29 is 5.11 Å². The van der Waals surface area contributed by atoms with Gasteiger partial charge in [-0.1, -0.05) is 13.8 Å². The van der Waals surface area contributed by atoms with Gasteiger partial charge in [-0.25, -0.2) is 0 Å². The fourth-order valence-electron chi connectivity index (χ4n) is 1.16. The minimum Gasteiger partial charge on any atom is -0.396 e. The third-order valence-electron chi connectivity index (χ3n) is 2.71. The maximum absolute atomic E-state index is 9.16. The van der Waals surface area contributed by atoms with Crippen molar-refractivity contribution in [3.63, 3.8) is 0 Å². The molecule has 2 N–H and O–H groups in total. The molecule has 0 aliphatic rings. The van der Waals surface area contributed by atoms with Crippen LogP contribution in [0, 0.1) is 17.8 Å². The van der Waals surface area contributed by atoms with Crippen LogP contribution in [0.5, 0.6) is 0 Å². The van der Waals surface area contributed by atoms with Gasteiger partial charge in [0.2, 0.25) is 0 Å². The minimum atomic E-state index is 0.0338. The summed E-state index contributed by atoms with van der Waals surface area (Å²) in [6, 6.07) is 0. The summed E-state index contributed by atoms with van der Waals surface area (Å²) in [4.78, 5) is 0. The largest absolute Gasteiger partial charge is 0.396 e. The Morgan fingerprint density at radius 3 is 2.64 bits per heavy atom. The zero-order valence-electron chi connectivity index (χ0n) is 9.47. The molecule has 0 rings (SSSR count). The molecule has 0 spiro atoms. The van der Waals surface area contributed by atoms with Crippen molar-refractivity contribution >= 4 is 0 Å². The number of rotatable bonds is 8. The van der Waals surface area contributed by atoms with Crippen molar-refractivity contribution in [1.29, 1.82) is 0 Å². The van der Waals surface area contributed by atoms with E-state index in [1.807, 2.05) is 0 Å². The lowest BCUT2D eigenvalue weighted by molar-refractivity contribution is 0.135. The maximum Gasteiger partial charge on any atom is 0.0496 e. The molecular formula is C12H23NO. The van der Waals surface area contributed by atoms with E-state index in [1.54, 1.807) is 0 Å². The number of unbranched alkanes of at least 4 members (excludes halogenated alkanes) is 2. The maximum atomic E-state index is 9.16. The highest BCUT2D eigenvalue weighted by atomic mass is 16.3. The Hall–Kier alpha value is -0.520. The van der Waals surface area contributed by atoms with Gasteiger partial charge in [-0.05, 0) is 25.8 Å². The summed E-state index contributed by atoms with van der Waals surface area (Å²) in [5, 5.41) is 12.5. The molecule has 0 saturated carbocycles. The van der Waals surface area contributed by atoms with Gasteiger partial charge in [0.25, 0.3) is 0 Å². The van der Waals surface area contributed by atoms with Crippen LogP contribution in [0.2, 0.25) is 0 Å². The van der Waals surface area contributed by atoms with Gasteiger partial charge in [-0.15, -0.1) is 12.3 Å².